The minimum absolute atomic E-state index is 0.274. The molecule has 2 aromatic carbocycles. The number of rotatable bonds is 2. The van der Waals surface area contributed by atoms with E-state index >= 15 is 0 Å². The molecule has 0 N–H and O–H groups in total. The minimum Gasteiger partial charge on any atom is -0.192 e. The van der Waals surface area contributed by atoms with E-state index in [9.17, 15) is 10.5 Å². The molecule has 0 bridgehead atoms. The fraction of sp³-hybridized carbons (Fsp3) is 0. The summed E-state index contributed by atoms with van der Waals surface area (Å²) < 4.78 is 0. The van der Waals surface area contributed by atoms with E-state index in [0.717, 1.165) is 0 Å². The highest BCUT2D eigenvalue weighted by molar-refractivity contribution is 7.99. The van der Waals surface area contributed by atoms with Crippen LogP contribution in [0.4, 0.5) is 0 Å². The van der Waals surface area contributed by atoms with E-state index in [2.05, 4.69) is 0 Å². The normalized spacial score (nSPS) is 8.95. The molecule has 0 aliphatic heterocycles. The van der Waals surface area contributed by atoms with Crippen molar-refractivity contribution in [3.63, 3.8) is 0 Å². The van der Waals surface area contributed by atoms with Gasteiger partial charge in [0.2, 0.25) is 0 Å². The Bertz CT molecular complexity index is 800. The minimum atomic E-state index is 0.274. The van der Waals surface area contributed by atoms with Crippen LogP contribution in [0.25, 0.3) is 0 Å². The zero-order valence-electron chi connectivity index (χ0n) is 10.7. The molecule has 0 spiro atoms. The van der Waals surface area contributed by atoms with E-state index in [4.69, 9.17) is 10.5 Å². The first kappa shape index (κ1) is 14.2. The number of hydrogen-bond donors (Lipinski definition) is 0. The topological polar surface area (TPSA) is 95.2 Å². The van der Waals surface area contributed by atoms with Crippen molar-refractivity contribution in [2.45, 2.75) is 9.79 Å². The van der Waals surface area contributed by atoms with Crippen molar-refractivity contribution >= 4 is 11.8 Å². The molecule has 2 aromatic rings. The van der Waals surface area contributed by atoms with Gasteiger partial charge in [-0.15, -0.1) is 0 Å². The van der Waals surface area contributed by atoms with Crippen molar-refractivity contribution in [1.29, 1.82) is 21.0 Å². The molecule has 0 saturated carbocycles. The second-order valence-corrected chi connectivity index (χ2v) is 4.99. The standard InChI is InChI=1S/C16H6N4S/c17-7-11-3-1-5-15(13(11)9-19)21-16-6-2-4-12(8-18)14(16)10-20/h1-6H. The molecule has 0 aromatic heterocycles. The molecule has 96 valence electrons. The molecule has 4 nitrogen and oxygen atoms in total. The van der Waals surface area contributed by atoms with Gasteiger partial charge >= 0.3 is 0 Å². The predicted octanol–water partition coefficient (Wildman–Crippen LogP) is 3.32. The molecule has 0 heterocycles. The Kier molecular flexibility index (Phi) is 4.23. The SMILES string of the molecule is N#Cc1cccc(Sc2cccc(C#N)c2C#N)c1C#N. The molecule has 0 atom stereocenters. The van der Waals surface area contributed by atoms with Crippen molar-refractivity contribution in [3.8, 4) is 24.3 Å². The van der Waals surface area contributed by atoms with Gasteiger partial charge in [0.15, 0.2) is 0 Å². The summed E-state index contributed by atoms with van der Waals surface area (Å²) in [5, 5.41) is 36.4. The van der Waals surface area contributed by atoms with Crippen molar-refractivity contribution < 1.29 is 0 Å². The van der Waals surface area contributed by atoms with Crippen LogP contribution in [-0.2, 0) is 0 Å². The highest BCUT2D eigenvalue weighted by atomic mass is 32.2. The molecule has 0 aliphatic rings. The molecule has 0 unspecified atom stereocenters. The van der Waals surface area contributed by atoms with Crippen LogP contribution in [0, 0.1) is 45.3 Å². The molecule has 21 heavy (non-hydrogen) atoms. The second kappa shape index (κ2) is 6.27. The average Bonchev–Trinajstić information content (AvgIpc) is 2.54. The number of hydrogen-bond acceptors (Lipinski definition) is 5. The first-order chi connectivity index (χ1) is 10.2. The summed E-state index contributed by atoms with van der Waals surface area (Å²) in [5.41, 5.74) is 1.13. The largest absolute Gasteiger partial charge is 0.192 e. The summed E-state index contributed by atoms with van der Waals surface area (Å²) in [6.45, 7) is 0. The summed E-state index contributed by atoms with van der Waals surface area (Å²) in [7, 11) is 0. The van der Waals surface area contributed by atoms with Crippen molar-refractivity contribution in [1.82, 2.24) is 0 Å². The first-order valence-electron chi connectivity index (χ1n) is 5.79. The summed E-state index contributed by atoms with van der Waals surface area (Å²) in [6, 6.07) is 17.9. The fourth-order valence-electron chi connectivity index (χ4n) is 1.77. The Morgan fingerprint density at radius 1 is 0.619 bits per heavy atom. The van der Waals surface area contributed by atoms with Gasteiger partial charge in [0.05, 0.1) is 22.3 Å². The van der Waals surface area contributed by atoms with Crippen LogP contribution in [0.5, 0.6) is 0 Å². The number of nitriles is 4. The van der Waals surface area contributed by atoms with Crippen molar-refractivity contribution in [2.24, 2.45) is 0 Å². The fourth-order valence-corrected chi connectivity index (χ4v) is 2.81. The zero-order valence-corrected chi connectivity index (χ0v) is 11.5. The van der Waals surface area contributed by atoms with E-state index in [0.29, 0.717) is 9.79 Å². The molecule has 2 rings (SSSR count). The van der Waals surface area contributed by atoms with Crippen LogP contribution in [0.15, 0.2) is 46.2 Å². The zero-order chi connectivity index (χ0) is 15.2. The average molecular weight is 286 g/mol. The van der Waals surface area contributed by atoms with Crippen molar-refractivity contribution in [2.75, 3.05) is 0 Å². The lowest BCUT2D eigenvalue weighted by Gasteiger charge is -2.07. The molecular weight excluding hydrogens is 280 g/mol. The third-order valence-electron chi connectivity index (χ3n) is 2.74. The highest BCUT2D eigenvalue weighted by Gasteiger charge is 2.13. The molecule has 0 amide bonds. The van der Waals surface area contributed by atoms with Crippen LogP contribution < -0.4 is 0 Å². The number of benzene rings is 2. The predicted molar refractivity (Wildman–Crippen MR) is 75.9 cm³/mol. The summed E-state index contributed by atoms with van der Waals surface area (Å²) in [5.74, 6) is 0. The molecular formula is C16H6N4S. The van der Waals surface area contributed by atoms with E-state index in [1.165, 1.54) is 11.8 Å². The Morgan fingerprint density at radius 2 is 1.05 bits per heavy atom. The smallest absolute Gasteiger partial charge is 0.102 e. The summed E-state index contributed by atoms with van der Waals surface area (Å²) in [4.78, 5) is 1.17. The van der Waals surface area contributed by atoms with Gasteiger partial charge in [-0.1, -0.05) is 23.9 Å². The van der Waals surface area contributed by atoms with Crippen LogP contribution in [0.3, 0.4) is 0 Å². The van der Waals surface area contributed by atoms with E-state index in [1.807, 2.05) is 24.3 Å². The van der Waals surface area contributed by atoms with Crippen LogP contribution in [0.2, 0.25) is 0 Å². The van der Waals surface area contributed by atoms with Gasteiger partial charge in [0.25, 0.3) is 0 Å². The van der Waals surface area contributed by atoms with Gasteiger partial charge in [0, 0.05) is 9.79 Å². The summed E-state index contributed by atoms with van der Waals surface area (Å²) >= 11 is 1.20. The van der Waals surface area contributed by atoms with Gasteiger partial charge in [0.1, 0.15) is 24.3 Å². The maximum Gasteiger partial charge on any atom is 0.102 e. The monoisotopic (exact) mass is 286 g/mol. The van der Waals surface area contributed by atoms with E-state index in [1.54, 1.807) is 36.4 Å². The third kappa shape index (κ3) is 2.70. The lowest BCUT2D eigenvalue weighted by molar-refractivity contribution is 1.30. The maximum absolute atomic E-state index is 9.20. The Balaban J connectivity index is 2.56. The highest BCUT2D eigenvalue weighted by Crippen LogP contribution is 2.34. The van der Waals surface area contributed by atoms with Crippen molar-refractivity contribution in [3.05, 3.63) is 58.7 Å². The van der Waals surface area contributed by atoms with Gasteiger partial charge in [-0.3, -0.25) is 0 Å². The van der Waals surface area contributed by atoms with Crippen LogP contribution in [0.1, 0.15) is 22.3 Å². The lowest BCUT2D eigenvalue weighted by Crippen LogP contribution is -1.90. The quantitative estimate of drug-likeness (QED) is 0.843. The number of nitrogens with zero attached hydrogens (tertiary/aromatic N) is 4. The lowest BCUT2D eigenvalue weighted by atomic mass is 10.1. The Hall–Kier alpha value is -3.25. The van der Waals surface area contributed by atoms with Gasteiger partial charge < -0.3 is 0 Å². The molecule has 0 saturated heterocycles. The Labute approximate surface area is 126 Å². The Morgan fingerprint density at radius 3 is 1.38 bits per heavy atom. The third-order valence-corrected chi connectivity index (χ3v) is 3.86. The molecule has 0 radical (unpaired) electrons. The van der Waals surface area contributed by atoms with Gasteiger partial charge in [-0.25, -0.2) is 0 Å². The molecule has 0 fully saturated rings. The van der Waals surface area contributed by atoms with Gasteiger partial charge in [-0.05, 0) is 24.3 Å². The molecule has 5 heteroatoms. The first-order valence-corrected chi connectivity index (χ1v) is 6.61. The van der Waals surface area contributed by atoms with Crippen LogP contribution in [-0.4, -0.2) is 0 Å². The summed E-state index contributed by atoms with van der Waals surface area (Å²) in [6.07, 6.45) is 0. The maximum atomic E-state index is 9.20. The molecule has 0 aliphatic carbocycles. The van der Waals surface area contributed by atoms with Crippen LogP contribution >= 0.6 is 11.8 Å². The van der Waals surface area contributed by atoms with E-state index < -0.39 is 0 Å². The van der Waals surface area contributed by atoms with Gasteiger partial charge in [-0.2, -0.15) is 21.0 Å². The second-order valence-electron chi connectivity index (χ2n) is 3.91. The van der Waals surface area contributed by atoms with E-state index in [-0.39, 0.29) is 22.3 Å².